The number of anilines is 1. The lowest BCUT2D eigenvalue weighted by atomic mass is 10.0. The van der Waals surface area contributed by atoms with E-state index in [9.17, 15) is 22.4 Å². The van der Waals surface area contributed by atoms with E-state index in [1.54, 1.807) is 18.2 Å². The second kappa shape index (κ2) is 14.5. The van der Waals surface area contributed by atoms with Crippen LogP contribution in [0.5, 0.6) is 0 Å². The summed E-state index contributed by atoms with van der Waals surface area (Å²) in [5, 5.41) is 3.45. The molecule has 214 valence electrons. The van der Waals surface area contributed by atoms with Gasteiger partial charge >= 0.3 is 0 Å². The average molecular weight is 609 g/mol. The second-order valence-electron chi connectivity index (χ2n) is 9.29. The Kier molecular flexibility index (Phi) is 11.4. The van der Waals surface area contributed by atoms with E-state index in [2.05, 4.69) is 5.32 Å². The highest BCUT2D eigenvalue weighted by molar-refractivity contribution is 7.92. The van der Waals surface area contributed by atoms with Gasteiger partial charge in [0.05, 0.1) is 11.9 Å². The fourth-order valence-corrected chi connectivity index (χ4v) is 5.53. The molecule has 40 heavy (non-hydrogen) atoms. The molecule has 0 heterocycles. The van der Waals surface area contributed by atoms with Gasteiger partial charge in [-0.1, -0.05) is 85.1 Å². The van der Waals surface area contributed by atoms with E-state index >= 15 is 0 Å². The molecule has 2 amide bonds. The van der Waals surface area contributed by atoms with Crippen molar-refractivity contribution >= 4 is 50.7 Å². The lowest BCUT2D eigenvalue weighted by Crippen LogP contribution is -2.53. The summed E-state index contributed by atoms with van der Waals surface area (Å²) >= 11 is 12.9. The molecule has 0 aliphatic rings. The monoisotopic (exact) mass is 607 g/mol. The van der Waals surface area contributed by atoms with Crippen molar-refractivity contribution in [2.45, 2.75) is 38.8 Å². The highest BCUT2D eigenvalue weighted by atomic mass is 35.5. The molecule has 0 saturated heterocycles. The second-order valence-corrected chi connectivity index (χ2v) is 12.0. The minimum Gasteiger partial charge on any atom is -0.354 e. The third kappa shape index (κ3) is 8.43. The van der Waals surface area contributed by atoms with Gasteiger partial charge in [-0.15, -0.1) is 0 Å². The van der Waals surface area contributed by atoms with E-state index in [-0.39, 0.29) is 28.7 Å². The van der Waals surface area contributed by atoms with Crippen LogP contribution in [0, 0.1) is 5.82 Å². The summed E-state index contributed by atoms with van der Waals surface area (Å²) in [6.45, 7) is 1.48. The topological polar surface area (TPSA) is 86.8 Å². The molecule has 0 radical (unpaired) electrons. The van der Waals surface area contributed by atoms with Crippen LogP contribution < -0.4 is 9.62 Å². The summed E-state index contributed by atoms with van der Waals surface area (Å²) in [6, 6.07) is 18.3. The molecule has 0 bridgehead atoms. The molecule has 0 aliphatic carbocycles. The molecule has 1 unspecified atom stereocenters. The number of unbranched alkanes of at least 4 members (excludes halogenated alkanes) is 1. The Morgan fingerprint density at radius 3 is 2.17 bits per heavy atom. The van der Waals surface area contributed by atoms with Crippen molar-refractivity contribution in [3.05, 3.63) is 99.8 Å². The van der Waals surface area contributed by atoms with Gasteiger partial charge in [-0.05, 0) is 36.2 Å². The van der Waals surface area contributed by atoms with Crippen LogP contribution in [0.25, 0.3) is 0 Å². The Balaban J connectivity index is 2.09. The van der Waals surface area contributed by atoms with E-state index in [1.807, 2.05) is 37.3 Å². The van der Waals surface area contributed by atoms with Gasteiger partial charge in [-0.3, -0.25) is 13.9 Å². The van der Waals surface area contributed by atoms with Gasteiger partial charge in [0.25, 0.3) is 0 Å². The van der Waals surface area contributed by atoms with Crippen LogP contribution >= 0.6 is 23.2 Å². The number of sulfonamides is 1. The van der Waals surface area contributed by atoms with Crippen molar-refractivity contribution in [2.75, 3.05) is 23.7 Å². The number of carbonyl (C=O) groups is 2. The quantitative estimate of drug-likeness (QED) is 0.262. The molecule has 0 aliphatic heterocycles. The molecule has 0 fully saturated rings. The normalized spacial score (nSPS) is 12.0. The number of amides is 2. The molecule has 0 spiro atoms. The molecule has 0 aromatic heterocycles. The van der Waals surface area contributed by atoms with Crippen molar-refractivity contribution in [3.8, 4) is 0 Å². The van der Waals surface area contributed by atoms with Crippen LogP contribution in [-0.2, 0) is 32.6 Å². The molecule has 3 rings (SSSR count). The standard InChI is InChI=1S/C29H32Cl2FN3O4S/c1-3-4-17-33-29(37)27(18-21-11-6-5-7-12-21)34(19-22-23(30)13-10-14-24(22)31)28(36)20-35(40(2,38)39)26-16-9-8-15-25(26)32/h5-16,27H,3-4,17-20H2,1-2H3,(H,33,37). The Labute approximate surface area is 244 Å². The molecule has 11 heteroatoms. The summed E-state index contributed by atoms with van der Waals surface area (Å²) in [4.78, 5) is 28.8. The molecule has 1 N–H and O–H groups in total. The van der Waals surface area contributed by atoms with Crippen LogP contribution in [0.3, 0.4) is 0 Å². The average Bonchev–Trinajstić information content (AvgIpc) is 2.91. The summed E-state index contributed by atoms with van der Waals surface area (Å²) in [5.74, 6) is -1.94. The van der Waals surface area contributed by atoms with Gasteiger partial charge in [0.2, 0.25) is 21.8 Å². The largest absolute Gasteiger partial charge is 0.354 e. The smallest absolute Gasteiger partial charge is 0.244 e. The van der Waals surface area contributed by atoms with E-state index in [0.717, 1.165) is 30.7 Å². The van der Waals surface area contributed by atoms with Crippen LogP contribution in [0.2, 0.25) is 10.0 Å². The Morgan fingerprint density at radius 1 is 0.950 bits per heavy atom. The minimum absolute atomic E-state index is 0.144. The number of carbonyl (C=O) groups excluding carboxylic acids is 2. The van der Waals surface area contributed by atoms with Crippen LogP contribution in [0.15, 0.2) is 72.8 Å². The molecule has 0 saturated carbocycles. The summed E-state index contributed by atoms with van der Waals surface area (Å²) in [7, 11) is -4.09. The van der Waals surface area contributed by atoms with Gasteiger partial charge < -0.3 is 10.2 Å². The van der Waals surface area contributed by atoms with Crippen molar-refractivity contribution in [1.29, 1.82) is 0 Å². The van der Waals surface area contributed by atoms with Gasteiger partial charge in [-0.2, -0.15) is 0 Å². The minimum atomic E-state index is -4.09. The number of benzene rings is 3. The number of hydrogen-bond donors (Lipinski definition) is 1. The maximum absolute atomic E-state index is 14.7. The fraction of sp³-hybridized carbons (Fsp3) is 0.310. The van der Waals surface area contributed by atoms with Crippen LogP contribution in [0.1, 0.15) is 30.9 Å². The number of halogens is 3. The molecule has 3 aromatic carbocycles. The first-order chi connectivity index (χ1) is 19.0. The third-order valence-corrected chi connectivity index (χ3v) is 8.13. The Bertz CT molecular complexity index is 1400. The highest BCUT2D eigenvalue weighted by Crippen LogP contribution is 2.28. The summed E-state index contributed by atoms with van der Waals surface area (Å²) in [5.41, 5.74) is 0.909. The molecular weight excluding hydrogens is 576 g/mol. The highest BCUT2D eigenvalue weighted by Gasteiger charge is 2.34. The van der Waals surface area contributed by atoms with E-state index in [0.29, 0.717) is 16.4 Å². The predicted molar refractivity (Wildman–Crippen MR) is 157 cm³/mol. The predicted octanol–water partition coefficient (Wildman–Crippen LogP) is 5.45. The summed E-state index contributed by atoms with van der Waals surface area (Å²) in [6.07, 6.45) is 2.63. The van der Waals surface area contributed by atoms with E-state index in [4.69, 9.17) is 23.2 Å². The number of para-hydroxylation sites is 1. The number of rotatable bonds is 13. The third-order valence-electron chi connectivity index (χ3n) is 6.29. The zero-order valence-electron chi connectivity index (χ0n) is 22.3. The zero-order chi connectivity index (χ0) is 29.3. The first kappa shape index (κ1) is 31.4. The maximum Gasteiger partial charge on any atom is 0.244 e. The zero-order valence-corrected chi connectivity index (χ0v) is 24.6. The number of nitrogens with zero attached hydrogens (tertiary/aromatic N) is 2. The Hall–Kier alpha value is -3.14. The SMILES string of the molecule is CCCCNC(=O)C(Cc1ccccc1)N(Cc1c(Cl)cccc1Cl)C(=O)CN(c1ccccc1F)S(C)(=O)=O. The van der Waals surface area contributed by atoms with Crippen molar-refractivity contribution < 1.29 is 22.4 Å². The summed E-state index contributed by atoms with van der Waals surface area (Å²) < 4.78 is 40.9. The number of nitrogens with one attached hydrogen (secondary N) is 1. The first-order valence-corrected chi connectivity index (χ1v) is 15.4. The number of hydrogen-bond acceptors (Lipinski definition) is 4. The van der Waals surface area contributed by atoms with Gasteiger partial charge in [0.15, 0.2) is 0 Å². The van der Waals surface area contributed by atoms with Crippen LogP contribution in [-0.4, -0.2) is 50.5 Å². The fourth-order valence-electron chi connectivity index (χ4n) is 4.16. The molecular formula is C29H32Cl2FN3O4S. The molecule has 3 aromatic rings. The molecule has 7 nitrogen and oxygen atoms in total. The Morgan fingerprint density at radius 2 is 1.57 bits per heavy atom. The van der Waals surface area contributed by atoms with Crippen LogP contribution in [0.4, 0.5) is 10.1 Å². The first-order valence-electron chi connectivity index (χ1n) is 12.8. The van der Waals surface area contributed by atoms with Gasteiger partial charge in [-0.25, -0.2) is 12.8 Å². The van der Waals surface area contributed by atoms with Crippen molar-refractivity contribution in [2.24, 2.45) is 0 Å². The van der Waals surface area contributed by atoms with Gasteiger partial charge in [0.1, 0.15) is 18.4 Å². The van der Waals surface area contributed by atoms with Gasteiger partial charge in [0, 0.05) is 35.1 Å². The van der Waals surface area contributed by atoms with E-state index in [1.165, 1.54) is 23.1 Å². The maximum atomic E-state index is 14.7. The van der Waals surface area contributed by atoms with E-state index < -0.39 is 40.2 Å². The van der Waals surface area contributed by atoms with Crippen molar-refractivity contribution in [3.63, 3.8) is 0 Å². The lowest BCUT2D eigenvalue weighted by molar-refractivity contribution is -0.140. The van der Waals surface area contributed by atoms with Crippen molar-refractivity contribution in [1.82, 2.24) is 10.2 Å². The lowest BCUT2D eigenvalue weighted by Gasteiger charge is -2.34. The molecule has 1 atom stereocenters.